The van der Waals surface area contributed by atoms with E-state index >= 15 is 0 Å². The van der Waals surface area contributed by atoms with Crippen molar-refractivity contribution >= 4 is 0 Å². The van der Waals surface area contributed by atoms with E-state index in [2.05, 4.69) is 5.32 Å². The molecule has 18 heavy (non-hydrogen) atoms. The van der Waals surface area contributed by atoms with E-state index in [1.807, 2.05) is 4.98 Å². The summed E-state index contributed by atoms with van der Waals surface area (Å²) in [5, 5.41) is 3.42. The average Bonchev–Trinajstić information content (AvgIpc) is 2.84. The zero-order valence-electron chi connectivity index (χ0n) is 10.2. The number of aromatic nitrogens is 2. The van der Waals surface area contributed by atoms with Crippen LogP contribution in [0.25, 0.3) is 0 Å². The summed E-state index contributed by atoms with van der Waals surface area (Å²) in [6, 6.07) is 0.592. The van der Waals surface area contributed by atoms with Crippen molar-refractivity contribution in [3.8, 4) is 0 Å². The van der Waals surface area contributed by atoms with Crippen LogP contribution in [0, 0.1) is 5.82 Å². The SMILES string of the molecule is O=c1[nH]c(=O)n(CCCNC2CCCC2)cc1F. The first-order chi connectivity index (χ1) is 8.66. The molecule has 0 aliphatic heterocycles. The van der Waals surface area contributed by atoms with Crippen molar-refractivity contribution in [2.45, 2.75) is 44.7 Å². The van der Waals surface area contributed by atoms with E-state index in [0.29, 0.717) is 12.6 Å². The van der Waals surface area contributed by atoms with E-state index < -0.39 is 17.1 Å². The molecule has 6 heteroatoms. The Morgan fingerprint density at radius 1 is 1.39 bits per heavy atom. The van der Waals surface area contributed by atoms with Gasteiger partial charge in [-0.2, -0.15) is 4.39 Å². The lowest BCUT2D eigenvalue weighted by molar-refractivity contribution is 0.481. The Balaban J connectivity index is 1.81. The van der Waals surface area contributed by atoms with Crippen molar-refractivity contribution in [3.63, 3.8) is 0 Å². The van der Waals surface area contributed by atoms with Crippen LogP contribution in [0.3, 0.4) is 0 Å². The molecule has 0 amide bonds. The first-order valence-electron chi connectivity index (χ1n) is 6.39. The Hall–Kier alpha value is -1.43. The Morgan fingerprint density at radius 3 is 2.83 bits per heavy atom. The molecule has 1 saturated carbocycles. The highest BCUT2D eigenvalue weighted by Gasteiger charge is 2.13. The van der Waals surface area contributed by atoms with Crippen LogP contribution >= 0.6 is 0 Å². The molecular weight excluding hydrogens is 237 g/mol. The molecule has 2 N–H and O–H groups in total. The molecule has 0 radical (unpaired) electrons. The van der Waals surface area contributed by atoms with Gasteiger partial charge < -0.3 is 5.32 Å². The number of halogens is 1. The van der Waals surface area contributed by atoms with Gasteiger partial charge in [-0.05, 0) is 25.8 Å². The molecule has 0 spiro atoms. The molecule has 1 aromatic rings. The lowest BCUT2D eigenvalue weighted by atomic mass is 10.2. The van der Waals surface area contributed by atoms with Crippen molar-refractivity contribution in [2.75, 3.05) is 6.54 Å². The van der Waals surface area contributed by atoms with Crippen molar-refractivity contribution in [2.24, 2.45) is 0 Å². The molecule has 0 bridgehead atoms. The predicted octanol–water partition coefficient (Wildman–Crippen LogP) is 0.598. The first-order valence-corrected chi connectivity index (χ1v) is 6.39. The summed E-state index contributed by atoms with van der Waals surface area (Å²) < 4.78 is 14.2. The van der Waals surface area contributed by atoms with Crippen molar-refractivity contribution in [1.29, 1.82) is 0 Å². The molecule has 1 fully saturated rings. The Kier molecular flexibility index (Phi) is 4.30. The van der Waals surface area contributed by atoms with Crippen LogP contribution < -0.4 is 16.6 Å². The van der Waals surface area contributed by atoms with E-state index in [9.17, 15) is 14.0 Å². The fourth-order valence-electron chi connectivity index (χ4n) is 2.33. The summed E-state index contributed by atoms with van der Waals surface area (Å²) in [6.07, 6.45) is 6.70. The zero-order chi connectivity index (χ0) is 13.0. The lowest BCUT2D eigenvalue weighted by Crippen LogP contribution is -2.33. The van der Waals surface area contributed by atoms with Gasteiger partial charge in [-0.15, -0.1) is 0 Å². The van der Waals surface area contributed by atoms with Gasteiger partial charge in [0.15, 0.2) is 0 Å². The minimum Gasteiger partial charge on any atom is -0.314 e. The molecular formula is C12H18FN3O2. The number of hydrogen-bond donors (Lipinski definition) is 2. The maximum atomic E-state index is 13.0. The third kappa shape index (κ3) is 3.29. The third-order valence-electron chi connectivity index (χ3n) is 3.33. The quantitative estimate of drug-likeness (QED) is 0.757. The Morgan fingerprint density at radius 2 is 2.11 bits per heavy atom. The minimum absolute atomic E-state index is 0.409. The number of rotatable bonds is 5. The van der Waals surface area contributed by atoms with Gasteiger partial charge in [0.2, 0.25) is 5.82 Å². The predicted molar refractivity (Wildman–Crippen MR) is 66.2 cm³/mol. The van der Waals surface area contributed by atoms with E-state index in [1.54, 1.807) is 0 Å². The summed E-state index contributed by atoms with van der Waals surface area (Å²) in [5.74, 6) is -0.918. The lowest BCUT2D eigenvalue weighted by Gasteiger charge is -2.11. The van der Waals surface area contributed by atoms with Gasteiger partial charge in [0.25, 0.3) is 5.56 Å². The Labute approximate surface area is 104 Å². The van der Waals surface area contributed by atoms with E-state index in [4.69, 9.17) is 0 Å². The van der Waals surface area contributed by atoms with Gasteiger partial charge >= 0.3 is 5.69 Å². The van der Waals surface area contributed by atoms with Crippen LogP contribution in [0.15, 0.2) is 15.8 Å². The molecule has 0 saturated heterocycles. The monoisotopic (exact) mass is 255 g/mol. The van der Waals surface area contributed by atoms with Crippen LogP contribution in [0.5, 0.6) is 0 Å². The maximum Gasteiger partial charge on any atom is 0.328 e. The average molecular weight is 255 g/mol. The molecule has 0 atom stereocenters. The van der Waals surface area contributed by atoms with Gasteiger partial charge in [0.1, 0.15) is 0 Å². The second-order valence-electron chi connectivity index (χ2n) is 4.72. The summed E-state index contributed by atoms with van der Waals surface area (Å²) in [5.41, 5.74) is -1.51. The second-order valence-corrected chi connectivity index (χ2v) is 4.72. The standard InChI is InChI=1S/C12H18FN3O2/c13-10-8-16(12(18)15-11(10)17)7-3-6-14-9-4-1-2-5-9/h8-9,14H,1-7H2,(H,15,17,18). The Bertz CT molecular complexity index is 503. The number of nitrogens with one attached hydrogen (secondary N) is 2. The van der Waals surface area contributed by atoms with Gasteiger partial charge in [-0.3, -0.25) is 14.3 Å². The van der Waals surface area contributed by atoms with Crippen molar-refractivity contribution < 1.29 is 4.39 Å². The molecule has 1 aliphatic carbocycles. The minimum atomic E-state index is -0.958. The van der Waals surface area contributed by atoms with Crippen LogP contribution in [-0.4, -0.2) is 22.1 Å². The van der Waals surface area contributed by atoms with Crippen LogP contribution in [0.1, 0.15) is 32.1 Å². The number of aryl methyl sites for hydroxylation is 1. The largest absolute Gasteiger partial charge is 0.328 e. The van der Waals surface area contributed by atoms with E-state index in [-0.39, 0.29) is 0 Å². The highest BCUT2D eigenvalue weighted by atomic mass is 19.1. The molecule has 2 rings (SSSR count). The van der Waals surface area contributed by atoms with Gasteiger partial charge in [-0.25, -0.2) is 4.79 Å². The van der Waals surface area contributed by atoms with Crippen LogP contribution in [-0.2, 0) is 6.54 Å². The molecule has 0 aromatic carbocycles. The summed E-state index contributed by atoms with van der Waals surface area (Å²) in [4.78, 5) is 24.1. The number of hydrogen-bond acceptors (Lipinski definition) is 3. The summed E-state index contributed by atoms with van der Waals surface area (Å²) >= 11 is 0. The van der Waals surface area contributed by atoms with Crippen LogP contribution in [0.4, 0.5) is 4.39 Å². The van der Waals surface area contributed by atoms with Gasteiger partial charge in [-0.1, -0.05) is 12.8 Å². The summed E-state index contributed by atoms with van der Waals surface area (Å²) in [7, 11) is 0. The van der Waals surface area contributed by atoms with Crippen molar-refractivity contribution in [3.05, 3.63) is 32.9 Å². The van der Waals surface area contributed by atoms with Crippen molar-refractivity contribution in [1.82, 2.24) is 14.9 Å². The number of H-pyrrole nitrogens is 1. The molecule has 100 valence electrons. The second kappa shape index (κ2) is 5.95. The third-order valence-corrected chi connectivity index (χ3v) is 3.33. The highest BCUT2D eigenvalue weighted by Crippen LogP contribution is 2.17. The van der Waals surface area contributed by atoms with E-state index in [1.165, 1.54) is 30.3 Å². The molecule has 5 nitrogen and oxygen atoms in total. The molecule has 1 aliphatic rings. The van der Waals surface area contributed by atoms with Gasteiger partial charge in [0, 0.05) is 12.6 Å². The normalized spacial score (nSPS) is 16.3. The zero-order valence-corrected chi connectivity index (χ0v) is 10.2. The topological polar surface area (TPSA) is 66.9 Å². The fraction of sp³-hybridized carbons (Fsp3) is 0.667. The molecule has 1 heterocycles. The fourth-order valence-corrected chi connectivity index (χ4v) is 2.33. The maximum absolute atomic E-state index is 13.0. The highest BCUT2D eigenvalue weighted by molar-refractivity contribution is 4.87. The first kappa shape index (κ1) is 13.0. The number of nitrogens with zero attached hydrogens (tertiary/aromatic N) is 1. The summed E-state index contributed by atoms with van der Waals surface area (Å²) in [6.45, 7) is 1.21. The number of aromatic amines is 1. The van der Waals surface area contributed by atoms with Crippen LogP contribution in [0.2, 0.25) is 0 Å². The molecule has 0 unspecified atom stereocenters. The molecule has 1 aromatic heterocycles. The van der Waals surface area contributed by atoms with E-state index in [0.717, 1.165) is 19.2 Å². The smallest absolute Gasteiger partial charge is 0.314 e. The van der Waals surface area contributed by atoms with Gasteiger partial charge in [0.05, 0.1) is 6.20 Å².